The van der Waals surface area contributed by atoms with Gasteiger partial charge in [-0.3, -0.25) is 9.47 Å². The van der Waals surface area contributed by atoms with E-state index in [0.29, 0.717) is 5.95 Å². The Hall–Kier alpha value is -6.00. The maximum atomic E-state index is 5.48. The van der Waals surface area contributed by atoms with Crippen molar-refractivity contribution in [1.29, 1.82) is 0 Å². The molecule has 0 amide bonds. The van der Waals surface area contributed by atoms with Crippen molar-refractivity contribution in [3.05, 3.63) is 146 Å². The predicted molar refractivity (Wildman–Crippen MR) is 183 cm³/mol. The van der Waals surface area contributed by atoms with Gasteiger partial charge in [0.05, 0.1) is 27.9 Å². The van der Waals surface area contributed by atoms with Crippen LogP contribution in [0.1, 0.15) is 0 Å². The van der Waals surface area contributed by atoms with E-state index in [1.54, 1.807) is 0 Å². The van der Waals surface area contributed by atoms with Gasteiger partial charge in [0.15, 0.2) is 5.82 Å². The summed E-state index contributed by atoms with van der Waals surface area (Å²) in [6.07, 6.45) is 0. The number of para-hydroxylation sites is 3. The van der Waals surface area contributed by atoms with Crippen molar-refractivity contribution < 1.29 is 0 Å². The summed E-state index contributed by atoms with van der Waals surface area (Å²) in [5, 5.41) is 8.25. The number of nitrogens with zero attached hydrogens (tertiary/aromatic N) is 4. The summed E-state index contributed by atoms with van der Waals surface area (Å²) in [7, 11) is 0. The molecule has 4 nitrogen and oxygen atoms in total. The second kappa shape index (κ2) is 8.76. The lowest BCUT2D eigenvalue weighted by Crippen LogP contribution is -2.18. The maximum absolute atomic E-state index is 5.48. The molecule has 0 N–H and O–H groups in total. The van der Waals surface area contributed by atoms with E-state index in [0.717, 1.165) is 39.1 Å². The second-order valence-corrected chi connectivity index (χ2v) is 11.5. The van der Waals surface area contributed by atoms with Gasteiger partial charge < -0.3 is 0 Å². The normalized spacial score (nSPS) is 12.5. The zero-order valence-electron chi connectivity index (χ0n) is 23.6. The second-order valence-electron chi connectivity index (χ2n) is 11.5. The molecular weight excluding hydrogens is 536 g/mol. The smallest absolute Gasteiger partial charge is 0.237 e. The minimum absolute atomic E-state index is 0.652. The summed E-state index contributed by atoms with van der Waals surface area (Å²) in [5.41, 5.74) is 7.74. The Kier molecular flexibility index (Phi) is 4.69. The Balaban J connectivity index is 1.35. The van der Waals surface area contributed by atoms with E-state index in [1.165, 1.54) is 43.4 Å². The Morgan fingerprint density at radius 2 is 1.05 bits per heavy atom. The molecule has 9 aromatic rings. The van der Waals surface area contributed by atoms with E-state index in [1.807, 2.05) is 0 Å². The monoisotopic (exact) mass is 560 g/mol. The van der Waals surface area contributed by atoms with Crippen molar-refractivity contribution in [2.24, 2.45) is 0 Å². The van der Waals surface area contributed by atoms with E-state index in [4.69, 9.17) is 9.97 Å². The first-order valence-corrected chi connectivity index (χ1v) is 14.9. The number of anilines is 3. The molecule has 1 aliphatic heterocycles. The minimum Gasteiger partial charge on any atom is -0.293 e. The van der Waals surface area contributed by atoms with E-state index >= 15 is 0 Å². The lowest BCUT2D eigenvalue weighted by Gasteiger charge is -2.32. The summed E-state index contributed by atoms with van der Waals surface area (Å²) < 4.78 is 2.30. The average molecular weight is 561 g/mol. The molecule has 0 fully saturated rings. The molecule has 0 spiro atoms. The van der Waals surface area contributed by atoms with Gasteiger partial charge in [0.1, 0.15) is 0 Å². The molecule has 0 saturated carbocycles. The van der Waals surface area contributed by atoms with Gasteiger partial charge in [-0.2, -0.15) is 4.98 Å². The first kappa shape index (κ1) is 23.6. The molecule has 0 atom stereocenters. The van der Waals surface area contributed by atoms with Crippen molar-refractivity contribution in [1.82, 2.24) is 14.5 Å². The van der Waals surface area contributed by atoms with Crippen molar-refractivity contribution in [3.8, 4) is 16.9 Å². The fraction of sp³-hybridized carbons (Fsp3) is 0. The highest BCUT2D eigenvalue weighted by Crippen LogP contribution is 2.51. The van der Waals surface area contributed by atoms with Gasteiger partial charge in [-0.05, 0) is 64.2 Å². The number of aromatic nitrogens is 3. The standard InChI is InChI=1S/C40H24N4/c1-2-12-27-24-37-32(23-26(27)11-1)30-18-9-13-25-14-10-22-36(38(25)30)44(37)40-41-33-19-6-3-17-31(33)39(42-40)43-34-20-7-4-15-28(34)29-16-5-8-21-35(29)43/h1-24H. The molecule has 0 radical (unpaired) electrons. The number of benzene rings is 7. The molecule has 7 aromatic carbocycles. The predicted octanol–water partition coefficient (Wildman–Crippen LogP) is 10.5. The van der Waals surface area contributed by atoms with Crippen LogP contribution in [-0.4, -0.2) is 14.5 Å². The third kappa shape index (κ3) is 3.17. The average Bonchev–Trinajstić information content (AvgIpc) is 3.42. The van der Waals surface area contributed by atoms with Crippen LogP contribution in [0.15, 0.2) is 146 Å². The highest BCUT2D eigenvalue weighted by atomic mass is 15.3. The quantitative estimate of drug-likeness (QED) is 0.211. The lowest BCUT2D eigenvalue weighted by atomic mass is 9.90. The van der Waals surface area contributed by atoms with Crippen LogP contribution in [0.5, 0.6) is 0 Å². The van der Waals surface area contributed by atoms with E-state index in [9.17, 15) is 0 Å². The zero-order valence-corrected chi connectivity index (χ0v) is 23.6. The van der Waals surface area contributed by atoms with Crippen molar-refractivity contribution >= 4 is 71.6 Å². The summed E-state index contributed by atoms with van der Waals surface area (Å²) in [4.78, 5) is 13.0. The fourth-order valence-electron chi connectivity index (χ4n) is 7.18. The molecule has 0 bridgehead atoms. The third-order valence-corrected chi connectivity index (χ3v) is 9.08. The van der Waals surface area contributed by atoms with Gasteiger partial charge in [-0.15, -0.1) is 0 Å². The van der Waals surface area contributed by atoms with Crippen LogP contribution in [0.4, 0.5) is 17.3 Å². The highest BCUT2D eigenvalue weighted by Gasteiger charge is 2.29. The molecule has 44 heavy (non-hydrogen) atoms. The SMILES string of the molecule is c1ccc2cc3c(cc2c1)-c1cccc2cccc(c12)N3c1nc(-n2c3ccccc3c3ccccc32)c2ccccc2n1. The van der Waals surface area contributed by atoms with Crippen molar-refractivity contribution in [2.45, 2.75) is 0 Å². The molecule has 204 valence electrons. The topological polar surface area (TPSA) is 34.0 Å². The van der Waals surface area contributed by atoms with Crippen LogP contribution in [0.3, 0.4) is 0 Å². The van der Waals surface area contributed by atoms with E-state index < -0.39 is 0 Å². The Morgan fingerprint density at radius 3 is 1.82 bits per heavy atom. The summed E-state index contributed by atoms with van der Waals surface area (Å²) in [6, 6.07) is 51.8. The van der Waals surface area contributed by atoms with Gasteiger partial charge in [0, 0.05) is 27.1 Å². The zero-order chi connectivity index (χ0) is 28.8. The van der Waals surface area contributed by atoms with E-state index in [2.05, 4.69) is 155 Å². The van der Waals surface area contributed by atoms with Gasteiger partial charge in [0.25, 0.3) is 0 Å². The van der Waals surface area contributed by atoms with Crippen molar-refractivity contribution in [3.63, 3.8) is 0 Å². The molecule has 0 saturated heterocycles. The van der Waals surface area contributed by atoms with Crippen LogP contribution in [0.2, 0.25) is 0 Å². The fourth-order valence-corrected chi connectivity index (χ4v) is 7.18. The molecule has 4 heteroatoms. The third-order valence-electron chi connectivity index (χ3n) is 9.08. The van der Waals surface area contributed by atoms with Crippen LogP contribution in [0.25, 0.3) is 71.2 Å². The minimum atomic E-state index is 0.652. The van der Waals surface area contributed by atoms with Crippen LogP contribution < -0.4 is 4.90 Å². The number of hydrogen-bond donors (Lipinski definition) is 0. The lowest BCUT2D eigenvalue weighted by molar-refractivity contribution is 1.04. The number of fused-ring (bicyclic) bond motifs is 7. The van der Waals surface area contributed by atoms with Crippen molar-refractivity contribution in [2.75, 3.05) is 4.90 Å². The van der Waals surface area contributed by atoms with Gasteiger partial charge in [-0.25, -0.2) is 4.98 Å². The van der Waals surface area contributed by atoms with Crippen LogP contribution in [-0.2, 0) is 0 Å². The molecule has 10 rings (SSSR count). The number of rotatable bonds is 2. The number of hydrogen-bond acceptors (Lipinski definition) is 3. The molecule has 1 aliphatic rings. The molecular formula is C40H24N4. The Labute approximate surface area is 253 Å². The molecule has 2 aromatic heterocycles. The summed E-state index contributed by atoms with van der Waals surface area (Å²) >= 11 is 0. The molecule has 3 heterocycles. The van der Waals surface area contributed by atoms with E-state index in [-0.39, 0.29) is 0 Å². The van der Waals surface area contributed by atoms with Gasteiger partial charge in [-0.1, -0.05) is 103 Å². The summed E-state index contributed by atoms with van der Waals surface area (Å²) in [6.45, 7) is 0. The van der Waals surface area contributed by atoms with Gasteiger partial charge in [0.2, 0.25) is 5.95 Å². The Morgan fingerprint density at radius 1 is 0.432 bits per heavy atom. The van der Waals surface area contributed by atoms with Crippen LogP contribution in [0, 0.1) is 0 Å². The molecule has 0 unspecified atom stereocenters. The highest BCUT2D eigenvalue weighted by molar-refractivity contribution is 6.15. The van der Waals surface area contributed by atoms with Crippen LogP contribution >= 0.6 is 0 Å². The largest absolute Gasteiger partial charge is 0.293 e. The van der Waals surface area contributed by atoms with Gasteiger partial charge >= 0.3 is 0 Å². The maximum Gasteiger partial charge on any atom is 0.237 e. The Bertz CT molecular complexity index is 2570. The molecule has 0 aliphatic carbocycles. The first-order valence-electron chi connectivity index (χ1n) is 14.9. The summed E-state index contributed by atoms with van der Waals surface area (Å²) in [5.74, 6) is 1.52. The first-order chi connectivity index (χ1) is 21.8.